The second kappa shape index (κ2) is 10.5. The molecule has 1 aliphatic rings. The van der Waals surface area contributed by atoms with E-state index in [0.29, 0.717) is 52.7 Å². The molecule has 0 radical (unpaired) electrons. The fraction of sp³-hybridized carbons (Fsp3) is 0.917. The van der Waals surface area contributed by atoms with E-state index in [2.05, 4.69) is 0 Å². The highest BCUT2D eigenvalue weighted by atomic mass is 16.5. The minimum atomic E-state index is -0.125. The second-order valence-corrected chi connectivity index (χ2v) is 3.87. The first-order valence-corrected chi connectivity index (χ1v) is 6.28. The smallest absolute Gasteiger partial charge is 0.305 e. The summed E-state index contributed by atoms with van der Waals surface area (Å²) in [5, 5.41) is 0. The summed E-state index contributed by atoms with van der Waals surface area (Å²) in [6, 6.07) is 0. The van der Waals surface area contributed by atoms with Crippen molar-refractivity contribution >= 4 is 5.97 Å². The maximum absolute atomic E-state index is 11.3. The zero-order valence-corrected chi connectivity index (χ0v) is 10.3. The average molecular weight is 246 g/mol. The van der Waals surface area contributed by atoms with Crippen LogP contribution in [-0.2, 0) is 23.7 Å². The maximum atomic E-state index is 11.3. The number of hydrogen-bond donors (Lipinski definition) is 0. The Balaban J connectivity index is 2.11. The van der Waals surface area contributed by atoms with E-state index >= 15 is 0 Å². The van der Waals surface area contributed by atoms with Crippen LogP contribution in [0.25, 0.3) is 0 Å². The molecule has 0 saturated carbocycles. The van der Waals surface area contributed by atoms with Crippen molar-refractivity contribution in [1.29, 1.82) is 0 Å². The number of carbonyl (C=O) groups excluding carboxylic acids is 1. The van der Waals surface area contributed by atoms with Crippen LogP contribution in [0.4, 0.5) is 0 Å². The molecule has 5 nitrogen and oxygen atoms in total. The number of ether oxygens (including phenoxy) is 4. The molecule has 0 aromatic rings. The molecule has 0 aliphatic carbocycles. The quantitative estimate of drug-likeness (QED) is 0.600. The van der Waals surface area contributed by atoms with Crippen molar-refractivity contribution in [3.8, 4) is 0 Å². The molecule has 5 heteroatoms. The van der Waals surface area contributed by atoms with Gasteiger partial charge in [0.1, 0.15) is 0 Å². The molecule has 100 valence electrons. The van der Waals surface area contributed by atoms with Crippen molar-refractivity contribution in [3.63, 3.8) is 0 Å². The predicted molar refractivity (Wildman–Crippen MR) is 61.9 cm³/mol. The molecule has 0 atom stereocenters. The molecule has 1 fully saturated rings. The lowest BCUT2D eigenvalue weighted by Crippen LogP contribution is -2.13. The standard InChI is InChI=1S/C12H22O5/c13-12-4-1-2-5-14-8-10-16-11-9-15-6-3-7-17-12/h1-11H2. The molecule has 1 aliphatic heterocycles. The van der Waals surface area contributed by atoms with Gasteiger partial charge in [-0.1, -0.05) is 0 Å². The third-order valence-corrected chi connectivity index (χ3v) is 2.36. The van der Waals surface area contributed by atoms with E-state index in [4.69, 9.17) is 18.9 Å². The Labute approximate surface area is 102 Å². The van der Waals surface area contributed by atoms with Crippen molar-refractivity contribution in [2.24, 2.45) is 0 Å². The van der Waals surface area contributed by atoms with E-state index in [-0.39, 0.29) is 5.97 Å². The lowest BCUT2D eigenvalue weighted by Gasteiger charge is -2.09. The summed E-state index contributed by atoms with van der Waals surface area (Å²) in [5.41, 5.74) is 0. The molecule has 0 aromatic heterocycles. The normalized spacial score (nSPS) is 22.9. The van der Waals surface area contributed by atoms with Crippen molar-refractivity contribution in [2.45, 2.75) is 25.7 Å². The summed E-state index contributed by atoms with van der Waals surface area (Å²) < 4.78 is 21.0. The molecule has 0 amide bonds. The van der Waals surface area contributed by atoms with Gasteiger partial charge in [-0.3, -0.25) is 4.79 Å². The summed E-state index contributed by atoms with van der Waals surface area (Å²) in [7, 11) is 0. The Morgan fingerprint density at radius 1 is 0.647 bits per heavy atom. The number of esters is 1. The van der Waals surface area contributed by atoms with Crippen molar-refractivity contribution < 1.29 is 23.7 Å². The second-order valence-electron chi connectivity index (χ2n) is 3.87. The topological polar surface area (TPSA) is 54.0 Å². The Morgan fingerprint density at radius 2 is 1.24 bits per heavy atom. The van der Waals surface area contributed by atoms with Gasteiger partial charge in [-0.15, -0.1) is 0 Å². The van der Waals surface area contributed by atoms with Gasteiger partial charge in [0, 0.05) is 26.1 Å². The van der Waals surface area contributed by atoms with Gasteiger partial charge in [-0.05, 0) is 12.8 Å². The monoisotopic (exact) mass is 246 g/mol. The third-order valence-electron chi connectivity index (χ3n) is 2.36. The van der Waals surface area contributed by atoms with Crippen LogP contribution in [0, 0.1) is 0 Å². The highest BCUT2D eigenvalue weighted by Gasteiger charge is 2.02. The van der Waals surface area contributed by atoms with Crippen molar-refractivity contribution in [3.05, 3.63) is 0 Å². The van der Waals surface area contributed by atoms with Gasteiger partial charge in [-0.25, -0.2) is 0 Å². The van der Waals surface area contributed by atoms with Gasteiger partial charge < -0.3 is 18.9 Å². The molecule has 0 unspecified atom stereocenters. The molecule has 1 heterocycles. The van der Waals surface area contributed by atoms with Crippen LogP contribution in [0.15, 0.2) is 0 Å². The van der Waals surface area contributed by atoms with Crippen LogP contribution in [0.3, 0.4) is 0 Å². The van der Waals surface area contributed by atoms with Crippen LogP contribution < -0.4 is 0 Å². The lowest BCUT2D eigenvalue weighted by atomic mass is 10.2. The zero-order chi connectivity index (χ0) is 12.2. The first-order chi connectivity index (χ1) is 8.39. The maximum Gasteiger partial charge on any atom is 0.305 e. The van der Waals surface area contributed by atoms with Crippen LogP contribution >= 0.6 is 0 Å². The van der Waals surface area contributed by atoms with E-state index in [1.165, 1.54) is 0 Å². The molecule has 1 saturated heterocycles. The van der Waals surface area contributed by atoms with Crippen LogP contribution in [0.5, 0.6) is 0 Å². The van der Waals surface area contributed by atoms with E-state index in [9.17, 15) is 4.79 Å². The molecule has 17 heavy (non-hydrogen) atoms. The molecule has 0 aromatic carbocycles. The summed E-state index contributed by atoms with van der Waals surface area (Å²) in [4.78, 5) is 11.3. The lowest BCUT2D eigenvalue weighted by molar-refractivity contribution is -0.144. The Kier molecular flexibility index (Phi) is 8.90. The van der Waals surface area contributed by atoms with Crippen molar-refractivity contribution in [2.75, 3.05) is 46.2 Å². The van der Waals surface area contributed by atoms with Gasteiger partial charge in [0.05, 0.1) is 33.0 Å². The summed E-state index contributed by atoms with van der Waals surface area (Å²) in [6.07, 6.45) is 2.92. The summed E-state index contributed by atoms with van der Waals surface area (Å²) in [5.74, 6) is -0.125. The van der Waals surface area contributed by atoms with Crippen LogP contribution in [0.2, 0.25) is 0 Å². The third kappa shape index (κ3) is 9.09. The van der Waals surface area contributed by atoms with E-state index in [1.54, 1.807) is 0 Å². The first kappa shape index (κ1) is 14.4. The SMILES string of the molecule is O=C1CCCCOCCOCCOCCCO1. The number of carbonyl (C=O) groups is 1. The number of rotatable bonds is 0. The molecule has 0 spiro atoms. The Hall–Kier alpha value is -0.650. The van der Waals surface area contributed by atoms with Gasteiger partial charge in [0.25, 0.3) is 0 Å². The highest BCUT2D eigenvalue weighted by Crippen LogP contribution is 1.99. The van der Waals surface area contributed by atoms with E-state index in [1.807, 2.05) is 0 Å². The molecule has 0 N–H and O–H groups in total. The molecule has 0 bridgehead atoms. The predicted octanol–water partition coefficient (Wildman–Crippen LogP) is 1.15. The van der Waals surface area contributed by atoms with E-state index in [0.717, 1.165) is 19.3 Å². The fourth-order valence-corrected chi connectivity index (χ4v) is 1.43. The zero-order valence-electron chi connectivity index (χ0n) is 10.3. The fourth-order valence-electron chi connectivity index (χ4n) is 1.43. The summed E-state index contributed by atoms with van der Waals surface area (Å²) >= 11 is 0. The van der Waals surface area contributed by atoms with Crippen molar-refractivity contribution in [1.82, 2.24) is 0 Å². The van der Waals surface area contributed by atoms with Crippen LogP contribution in [0.1, 0.15) is 25.7 Å². The Morgan fingerprint density at radius 3 is 1.94 bits per heavy atom. The summed E-state index contributed by atoms with van der Waals surface area (Å²) in [6.45, 7) is 4.09. The van der Waals surface area contributed by atoms with Crippen LogP contribution in [-0.4, -0.2) is 52.2 Å². The Bertz CT molecular complexity index is 177. The van der Waals surface area contributed by atoms with Gasteiger partial charge in [-0.2, -0.15) is 0 Å². The highest BCUT2D eigenvalue weighted by molar-refractivity contribution is 5.69. The first-order valence-electron chi connectivity index (χ1n) is 6.28. The number of hydrogen-bond acceptors (Lipinski definition) is 5. The van der Waals surface area contributed by atoms with Gasteiger partial charge in [0.15, 0.2) is 0 Å². The average Bonchev–Trinajstić information content (AvgIpc) is 2.32. The van der Waals surface area contributed by atoms with E-state index < -0.39 is 0 Å². The largest absolute Gasteiger partial charge is 0.466 e. The minimum absolute atomic E-state index is 0.125. The van der Waals surface area contributed by atoms with Gasteiger partial charge >= 0.3 is 5.97 Å². The molecular formula is C12H22O5. The number of cyclic esters (lactones) is 1. The molecular weight excluding hydrogens is 224 g/mol. The molecule has 1 rings (SSSR count). The minimum Gasteiger partial charge on any atom is -0.466 e. The van der Waals surface area contributed by atoms with Gasteiger partial charge in [0.2, 0.25) is 0 Å².